The molecule has 1 atom stereocenters. The second kappa shape index (κ2) is 5.12. The van der Waals surface area contributed by atoms with E-state index in [-0.39, 0.29) is 10.7 Å². The van der Waals surface area contributed by atoms with E-state index in [9.17, 15) is 4.79 Å². The molecule has 0 saturated carbocycles. The fourth-order valence-electron chi connectivity index (χ4n) is 1.41. The average Bonchev–Trinajstić information content (AvgIpc) is 2.61. The van der Waals surface area contributed by atoms with Gasteiger partial charge in [0.2, 0.25) is 5.91 Å². The van der Waals surface area contributed by atoms with Crippen molar-refractivity contribution in [1.82, 2.24) is 5.32 Å². The summed E-state index contributed by atoms with van der Waals surface area (Å²) in [5, 5.41) is 6.13. The second-order valence-corrected chi connectivity index (χ2v) is 4.99. The van der Waals surface area contributed by atoms with Crippen LogP contribution in [0, 0.1) is 0 Å². The molecule has 5 nitrogen and oxygen atoms in total. The Labute approximate surface area is 87.3 Å². The van der Waals surface area contributed by atoms with E-state index >= 15 is 0 Å². The molecule has 78 valence electrons. The smallest absolute Gasteiger partial charge is 0.235 e. The maximum absolute atomic E-state index is 11.7. The molecule has 0 aromatic carbocycles. The van der Waals surface area contributed by atoms with Crippen LogP contribution in [0.25, 0.3) is 10.4 Å². The van der Waals surface area contributed by atoms with E-state index in [1.165, 1.54) is 0 Å². The molecule has 0 bridgehead atoms. The van der Waals surface area contributed by atoms with Gasteiger partial charge in [0, 0.05) is 18.0 Å². The van der Waals surface area contributed by atoms with Crippen LogP contribution in [0.1, 0.15) is 19.8 Å². The fraction of sp³-hybridized carbons (Fsp3) is 0.875. The molecule has 0 aromatic heterocycles. The number of nitrogens with zero attached hydrogens (tertiary/aromatic N) is 3. The maximum atomic E-state index is 11.7. The van der Waals surface area contributed by atoms with E-state index in [1.54, 1.807) is 11.8 Å². The first-order valence-electron chi connectivity index (χ1n) is 4.62. The van der Waals surface area contributed by atoms with Gasteiger partial charge in [0.05, 0.1) is 4.75 Å². The first-order valence-corrected chi connectivity index (χ1v) is 5.61. The normalized spacial score (nSPS) is 25.5. The Morgan fingerprint density at radius 2 is 2.57 bits per heavy atom. The minimum absolute atomic E-state index is 0.0631. The molecule has 6 heteroatoms. The molecule has 1 aliphatic rings. The highest BCUT2D eigenvalue weighted by Gasteiger charge is 2.36. The van der Waals surface area contributed by atoms with Crippen LogP contribution in [0.4, 0.5) is 0 Å². The second-order valence-electron chi connectivity index (χ2n) is 3.39. The van der Waals surface area contributed by atoms with Gasteiger partial charge in [-0.25, -0.2) is 0 Å². The SMILES string of the molecule is CC1(C(=O)NCCN=[N+]=[N-])CCCS1. The van der Waals surface area contributed by atoms with Crippen molar-refractivity contribution in [3.8, 4) is 0 Å². The summed E-state index contributed by atoms with van der Waals surface area (Å²) >= 11 is 1.70. The number of rotatable bonds is 4. The molecule has 1 amide bonds. The van der Waals surface area contributed by atoms with Gasteiger partial charge in [-0.2, -0.15) is 0 Å². The molecule has 1 saturated heterocycles. The molecule has 1 heterocycles. The molecule has 0 spiro atoms. The Balaban J connectivity index is 2.30. The van der Waals surface area contributed by atoms with Crippen molar-refractivity contribution >= 4 is 17.7 Å². The number of hydrogen-bond acceptors (Lipinski definition) is 3. The lowest BCUT2D eigenvalue weighted by atomic mass is 10.1. The van der Waals surface area contributed by atoms with Gasteiger partial charge in [-0.3, -0.25) is 4.79 Å². The number of nitrogens with one attached hydrogen (secondary N) is 1. The predicted molar refractivity (Wildman–Crippen MR) is 57.1 cm³/mol. The number of azide groups is 1. The van der Waals surface area contributed by atoms with Crippen molar-refractivity contribution in [2.45, 2.75) is 24.5 Å². The quantitative estimate of drug-likeness (QED) is 0.334. The number of carbonyl (C=O) groups excluding carboxylic acids is 1. The van der Waals surface area contributed by atoms with E-state index in [4.69, 9.17) is 5.53 Å². The third kappa shape index (κ3) is 2.82. The van der Waals surface area contributed by atoms with Gasteiger partial charge in [-0.15, -0.1) is 11.8 Å². The average molecular weight is 214 g/mol. The summed E-state index contributed by atoms with van der Waals surface area (Å²) in [5.74, 6) is 1.12. The minimum Gasteiger partial charge on any atom is -0.355 e. The summed E-state index contributed by atoms with van der Waals surface area (Å²) in [4.78, 5) is 14.3. The molecule has 0 aromatic rings. The minimum atomic E-state index is -0.268. The van der Waals surface area contributed by atoms with Gasteiger partial charge in [0.25, 0.3) is 0 Å². The lowest BCUT2D eigenvalue weighted by Crippen LogP contribution is -2.41. The monoisotopic (exact) mass is 214 g/mol. The topological polar surface area (TPSA) is 77.9 Å². The zero-order valence-electron chi connectivity index (χ0n) is 8.19. The van der Waals surface area contributed by atoms with Gasteiger partial charge in [0.15, 0.2) is 0 Å². The van der Waals surface area contributed by atoms with E-state index < -0.39 is 0 Å². The van der Waals surface area contributed by atoms with Crippen LogP contribution in [0.2, 0.25) is 0 Å². The van der Waals surface area contributed by atoms with Gasteiger partial charge in [-0.1, -0.05) is 5.11 Å². The van der Waals surface area contributed by atoms with Crippen LogP contribution in [0.3, 0.4) is 0 Å². The predicted octanol–water partition coefficient (Wildman–Crippen LogP) is 1.70. The van der Waals surface area contributed by atoms with Crippen molar-refractivity contribution in [2.24, 2.45) is 5.11 Å². The molecule has 1 N–H and O–H groups in total. The zero-order chi connectivity index (χ0) is 10.4. The van der Waals surface area contributed by atoms with Gasteiger partial charge < -0.3 is 5.32 Å². The van der Waals surface area contributed by atoms with Crippen LogP contribution in [0.15, 0.2) is 5.11 Å². The Hall–Kier alpha value is -0.870. The van der Waals surface area contributed by atoms with E-state index in [0.29, 0.717) is 13.1 Å². The molecule has 14 heavy (non-hydrogen) atoms. The first-order chi connectivity index (χ1) is 6.69. The van der Waals surface area contributed by atoms with Crippen molar-refractivity contribution in [3.05, 3.63) is 10.4 Å². The third-order valence-corrected chi connectivity index (χ3v) is 3.78. The van der Waals surface area contributed by atoms with Gasteiger partial charge in [-0.05, 0) is 31.0 Å². The van der Waals surface area contributed by atoms with Gasteiger partial charge >= 0.3 is 0 Å². The summed E-state index contributed by atoms with van der Waals surface area (Å²) in [5.41, 5.74) is 8.04. The van der Waals surface area contributed by atoms with Crippen molar-refractivity contribution in [3.63, 3.8) is 0 Å². The summed E-state index contributed by atoms with van der Waals surface area (Å²) in [6, 6.07) is 0. The van der Waals surface area contributed by atoms with Crippen molar-refractivity contribution in [2.75, 3.05) is 18.8 Å². The highest BCUT2D eigenvalue weighted by Crippen LogP contribution is 2.37. The van der Waals surface area contributed by atoms with Crippen molar-refractivity contribution in [1.29, 1.82) is 0 Å². The summed E-state index contributed by atoms with van der Waals surface area (Å²) in [6.45, 7) is 2.72. The Bertz CT molecular complexity index is 256. The summed E-state index contributed by atoms with van der Waals surface area (Å²) in [7, 11) is 0. The molecular formula is C8H14N4OS. The molecule has 0 radical (unpaired) electrons. The van der Waals surface area contributed by atoms with Crippen LogP contribution in [-0.2, 0) is 4.79 Å². The highest BCUT2D eigenvalue weighted by molar-refractivity contribution is 8.01. The Morgan fingerprint density at radius 3 is 3.14 bits per heavy atom. The number of carbonyl (C=O) groups is 1. The number of thioether (sulfide) groups is 1. The number of amides is 1. The van der Waals surface area contributed by atoms with E-state index in [0.717, 1.165) is 18.6 Å². The lowest BCUT2D eigenvalue weighted by molar-refractivity contribution is -0.123. The highest BCUT2D eigenvalue weighted by atomic mass is 32.2. The van der Waals surface area contributed by atoms with Crippen LogP contribution in [-0.4, -0.2) is 29.5 Å². The summed E-state index contributed by atoms with van der Waals surface area (Å²) < 4.78 is -0.268. The molecule has 1 unspecified atom stereocenters. The lowest BCUT2D eigenvalue weighted by Gasteiger charge is -2.20. The van der Waals surface area contributed by atoms with Crippen LogP contribution < -0.4 is 5.32 Å². The third-order valence-electron chi connectivity index (χ3n) is 2.26. The van der Waals surface area contributed by atoms with Gasteiger partial charge in [0.1, 0.15) is 0 Å². The Kier molecular flexibility index (Phi) is 4.10. The first kappa shape index (κ1) is 11.2. The largest absolute Gasteiger partial charge is 0.355 e. The molecular weight excluding hydrogens is 200 g/mol. The molecule has 0 aliphatic carbocycles. The molecule has 1 rings (SSSR count). The molecule has 1 fully saturated rings. The van der Waals surface area contributed by atoms with Crippen LogP contribution >= 0.6 is 11.8 Å². The zero-order valence-corrected chi connectivity index (χ0v) is 9.01. The van der Waals surface area contributed by atoms with E-state index in [1.807, 2.05) is 6.92 Å². The fourth-order valence-corrected chi connectivity index (χ4v) is 2.64. The van der Waals surface area contributed by atoms with Crippen LogP contribution in [0.5, 0.6) is 0 Å². The molecule has 1 aliphatic heterocycles. The van der Waals surface area contributed by atoms with Crippen molar-refractivity contribution < 1.29 is 4.79 Å². The number of hydrogen-bond donors (Lipinski definition) is 1. The van der Waals surface area contributed by atoms with E-state index in [2.05, 4.69) is 15.3 Å². The standard InChI is InChI=1S/C8H14N4OS/c1-8(3-2-6-14-8)7(13)10-4-5-11-12-9/h2-6H2,1H3,(H,10,13). The summed E-state index contributed by atoms with van der Waals surface area (Å²) in [6.07, 6.45) is 2.04. The maximum Gasteiger partial charge on any atom is 0.235 e. The Morgan fingerprint density at radius 1 is 1.79 bits per heavy atom.